The van der Waals surface area contributed by atoms with Crippen LogP contribution in [0.1, 0.15) is 55.3 Å². The second kappa shape index (κ2) is 8.11. The van der Waals surface area contributed by atoms with Gasteiger partial charge in [0.05, 0.1) is 11.7 Å². The third-order valence-electron chi connectivity index (χ3n) is 7.55. The minimum atomic E-state index is -0.106. The summed E-state index contributed by atoms with van der Waals surface area (Å²) < 4.78 is 0. The van der Waals surface area contributed by atoms with Crippen LogP contribution in [-0.2, 0) is 23.2 Å². The molecule has 1 aliphatic carbocycles. The monoisotopic (exact) mass is 421 g/mol. The van der Waals surface area contributed by atoms with Gasteiger partial charge in [0.1, 0.15) is 0 Å². The van der Waals surface area contributed by atoms with Gasteiger partial charge in [0.25, 0.3) is 5.56 Å². The standard InChI is InChI=1S/C24H31N5O2/c25-23-26-20-18(21(30)27-23)9-10-24(20)11-14-28(15-12-24)22(31)19-8-4-5-13-29(19)16-17-6-2-1-3-7-17/h1-3,6-7,19H,4-5,8-16H2,(H3,25,26,27,30). The van der Waals surface area contributed by atoms with Gasteiger partial charge in [-0.15, -0.1) is 0 Å². The molecule has 2 aliphatic heterocycles. The van der Waals surface area contributed by atoms with Crippen molar-refractivity contribution in [2.45, 2.75) is 62.9 Å². The summed E-state index contributed by atoms with van der Waals surface area (Å²) in [5.41, 5.74) is 8.56. The van der Waals surface area contributed by atoms with E-state index in [1.807, 2.05) is 11.0 Å². The molecule has 3 N–H and O–H groups in total. The second-order valence-electron chi connectivity index (χ2n) is 9.35. The van der Waals surface area contributed by atoms with Crippen LogP contribution in [0.2, 0.25) is 0 Å². The lowest BCUT2D eigenvalue weighted by Crippen LogP contribution is -2.53. The van der Waals surface area contributed by atoms with Crippen LogP contribution >= 0.6 is 0 Å². The number of nitrogen functional groups attached to an aromatic ring is 1. The van der Waals surface area contributed by atoms with Gasteiger partial charge in [0.2, 0.25) is 11.9 Å². The van der Waals surface area contributed by atoms with Crippen molar-refractivity contribution in [3.8, 4) is 0 Å². The predicted octanol–water partition coefficient (Wildman–Crippen LogP) is 2.21. The number of rotatable bonds is 3. The Morgan fingerprint density at radius 3 is 2.68 bits per heavy atom. The maximum absolute atomic E-state index is 13.5. The zero-order chi connectivity index (χ0) is 21.4. The molecule has 0 radical (unpaired) electrons. The minimum absolute atomic E-state index is 0.0320. The Kier molecular flexibility index (Phi) is 5.30. The van der Waals surface area contributed by atoms with Crippen molar-refractivity contribution in [2.75, 3.05) is 25.4 Å². The van der Waals surface area contributed by atoms with E-state index in [0.29, 0.717) is 0 Å². The van der Waals surface area contributed by atoms with E-state index in [0.717, 1.165) is 82.4 Å². The van der Waals surface area contributed by atoms with E-state index in [-0.39, 0.29) is 28.9 Å². The lowest BCUT2D eigenvalue weighted by molar-refractivity contribution is -0.140. The quantitative estimate of drug-likeness (QED) is 0.792. The van der Waals surface area contributed by atoms with Crippen LogP contribution in [0.4, 0.5) is 5.95 Å². The summed E-state index contributed by atoms with van der Waals surface area (Å²) in [7, 11) is 0. The molecule has 0 saturated carbocycles. The average Bonchev–Trinajstić information content (AvgIpc) is 3.13. The molecule has 1 aromatic carbocycles. The number of aromatic nitrogens is 2. The number of H-pyrrole nitrogens is 1. The van der Waals surface area contributed by atoms with Gasteiger partial charge in [-0.05, 0) is 50.6 Å². The summed E-state index contributed by atoms with van der Waals surface area (Å²) in [4.78, 5) is 37.3. The fourth-order valence-corrected chi connectivity index (χ4v) is 5.80. The first-order valence-corrected chi connectivity index (χ1v) is 11.5. The number of hydrogen-bond donors (Lipinski definition) is 2. The van der Waals surface area contributed by atoms with E-state index in [1.165, 1.54) is 5.56 Å². The van der Waals surface area contributed by atoms with Gasteiger partial charge in [-0.25, -0.2) is 4.98 Å². The topological polar surface area (TPSA) is 95.3 Å². The van der Waals surface area contributed by atoms with Gasteiger partial charge in [-0.2, -0.15) is 0 Å². The Morgan fingerprint density at radius 1 is 1.13 bits per heavy atom. The van der Waals surface area contributed by atoms with E-state index in [1.54, 1.807) is 0 Å². The highest BCUT2D eigenvalue weighted by Crippen LogP contribution is 2.44. The lowest BCUT2D eigenvalue weighted by Gasteiger charge is -2.43. The number of piperidine rings is 2. The zero-order valence-electron chi connectivity index (χ0n) is 18.0. The first kappa shape index (κ1) is 20.2. The van der Waals surface area contributed by atoms with E-state index in [4.69, 9.17) is 5.73 Å². The first-order valence-electron chi connectivity index (χ1n) is 11.5. The molecular formula is C24H31N5O2. The third kappa shape index (κ3) is 3.76. The molecule has 2 saturated heterocycles. The molecule has 164 valence electrons. The van der Waals surface area contributed by atoms with Crippen molar-refractivity contribution in [1.29, 1.82) is 0 Å². The highest BCUT2D eigenvalue weighted by Gasteiger charge is 2.45. The maximum Gasteiger partial charge on any atom is 0.255 e. The smallest absolute Gasteiger partial charge is 0.255 e. The van der Waals surface area contributed by atoms with Crippen LogP contribution in [0.5, 0.6) is 0 Å². The number of nitrogens with zero attached hydrogens (tertiary/aromatic N) is 3. The van der Waals surface area contributed by atoms with Gasteiger partial charge < -0.3 is 10.6 Å². The molecule has 7 heteroatoms. The number of aromatic amines is 1. The number of fused-ring (bicyclic) bond motifs is 2. The predicted molar refractivity (Wildman–Crippen MR) is 120 cm³/mol. The largest absolute Gasteiger partial charge is 0.369 e. The van der Waals surface area contributed by atoms with E-state index in [9.17, 15) is 9.59 Å². The molecule has 3 heterocycles. The van der Waals surface area contributed by atoms with Crippen LogP contribution < -0.4 is 11.3 Å². The molecule has 5 rings (SSSR count). The molecule has 1 amide bonds. The number of benzene rings is 1. The average molecular weight is 422 g/mol. The van der Waals surface area contributed by atoms with Gasteiger partial charge in [-0.3, -0.25) is 19.5 Å². The van der Waals surface area contributed by atoms with Crippen LogP contribution in [0, 0.1) is 0 Å². The van der Waals surface area contributed by atoms with Crippen molar-refractivity contribution >= 4 is 11.9 Å². The van der Waals surface area contributed by atoms with Crippen molar-refractivity contribution in [1.82, 2.24) is 19.8 Å². The Bertz CT molecular complexity index is 1010. The Labute approximate surface area is 182 Å². The van der Waals surface area contributed by atoms with E-state index in [2.05, 4.69) is 39.1 Å². The summed E-state index contributed by atoms with van der Waals surface area (Å²) >= 11 is 0. The maximum atomic E-state index is 13.5. The number of carbonyl (C=O) groups is 1. The molecule has 0 bridgehead atoms. The van der Waals surface area contributed by atoms with Crippen LogP contribution in [0.15, 0.2) is 35.1 Å². The first-order chi connectivity index (χ1) is 15.1. The minimum Gasteiger partial charge on any atom is -0.369 e. The van der Waals surface area contributed by atoms with Gasteiger partial charge >= 0.3 is 0 Å². The normalized spacial score (nSPS) is 23.1. The third-order valence-corrected chi connectivity index (χ3v) is 7.55. The molecule has 1 aromatic heterocycles. The van der Waals surface area contributed by atoms with Crippen molar-refractivity contribution < 1.29 is 4.79 Å². The van der Waals surface area contributed by atoms with Crippen LogP contribution in [0.25, 0.3) is 0 Å². The van der Waals surface area contributed by atoms with Crippen LogP contribution in [0.3, 0.4) is 0 Å². The SMILES string of the molecule is Nc1nc2c(c(=O)[nH]1)CCC21CCN(C(=O)C2CCCCN2Cc2ccccc2)CC1. The number of nitrogens with two attached hydrogens (primary N) is 1. The molecule has 1 unspecified atom stereocenters. The number of likely N-dealkylation sites (tertiary alicyclic amines) is 2. The molecule has 1 spiro atoms. The van der Waals surface area contributed by atoms with Crippen molar-refractivity contribution in [2.24, 2.45) is 0 Å². The molecule has 2 aromatic rings. The van der Waals surface area contributed by atoms with Gasteiger partial charge in [-0.1, -0.05) is 36.8 Å². The fourth-order valence-electron chi connectivity index (χ4n) is 5.80. The Morgan fingerprint density at radius 2 is 1.90 bits per heavy atom. The van der Waals surface area contributed by atoms with E-state index < -0.39 is 0 Å². The summed E-state index contributed by atoms with van der Waals surface area (Å²) in [6.45, 7) is 3.25. The molecule has 3 aliphatic rings. The van der Waals surface area contributed by atoms with Gasteiger partial charge in [0.15, 0.2) is 0 Å². The number of amides is 1. The summed E-state index contributed by atoms with van der Waals surface area (Å²) in [6, 6.07) is 10.4. The van der Waals surface area contributed by atoms with Crippen molar-refractivity contribution in [3.63, 3.8) is 0 Å². The summed E-state index contributed by atoms with van der Waals surface area (Å²) in [6.07, 6.45) is 6.58. The van der Waals surface area contributed by atoms with Crippen molar-refractivity contribution in [3.05, 3.63) is 57.5 Å². The molecule has 31 heavy (non-hydrogen) atoms. The zero-order valence-corrected chi connectivity index (χ0v) is 18.0. The highest BCUT2D eigenvalue weighted by atomic mass is 16.2. The second-order valence-corrected chi connectivity index (χ2v) is 9.35. The number of anilines is 1. The number of carbonyl (C=O) groups excluding carboxylic acids is 1. The molecular weight excluding hydrogens is 390 g/mol. The summed E-state index contributed by atoms with van der Waals surface area (Å²) in [5, 5.41) is 0. The molecule has 1 atom stereocenters. The molecule has 7 nitrogen and oxygen atoms in total. The van der Waals surface area contributed by atoms with Gasteiger partial charge in [0, 0.05) is 30.6 Å². The Hall–Kier alpha value is -2.67. The fraction of sp³-hybridized carbons (Fsp3) is 0.542. The number of hydrogen-bond acceptors (Lipinski definition) is 5. The lowest BCUT2D eigenvalue weighted by atomic mass is 9.76. The van der Waals surface area contributed by atoms with Crippen LogP contribution in [-0.4, -0.2) is 51.4 Å². The number of nitrogens with one attached hydrogen (secondary N) is 1. The molecule has 2 fully saturated rings. The summed E-state index contributed by atoms with van der Waals surface area (Å²) in [5.74, 6) is 0.462. The Balaban J connectivity index is 1.29. The van der Waals surface area contributed by atoms with E-state index >= 15 is 0 Å². The highest BCUT2D eigenvalue weighted by molar-refractivity contribution is 5.82.